The second kappa shape index (κ2) is 8.32. The first-order chi connectivity index (χ1) is 13.4. The highest BCUT2D eigenvalue weighted by molar-refractivity contribution is 5.85. The van der Waals surface area contributed by atoms with Crippen molar-refractivity contribution in [3.63, 3.8) is 0 Å². The number of benzene rings is 3. The molecule has 4 rings (SSSR count). The highest BCUT2D eigenvalue weighted by Crippen LogP contribution is 2.20. The topological polar surface area (TPSA) is 34.0 Å². The van der Waals surface area contributed by atoms with E-state index in [-0.39, 0.29) is 0 Å². The maximum atomic E-state index is 3.98. The molecule has 0 amide bonds. The Morgan fingerprint density at radius 3 is 2.41 bits per heavy atom. The number of rotatable bonds is 7. The Hall–Kier alpha value is -3.40. The van der Waals surface area contributed by atoms with Gasteiger partial charge in [0.1, 0.15) is 12.7 Å². The van der Waals surface area contributed by atoms with E-state index in [9.17, 15) is 0 Å². The second-order valence-electron chi connectivity index (χ2n) is 6.47. The van der Waals surface area contributed by atoms with Crippen molar-refractivity contribution in [2.75, 3.05) is 11.6 Å². The van der Waals surface area contributed by atoms with Crippen LogP contribution in [0.15, 0.2) is 91.5 Å². The van der Waals surface area contributed by atoms with Gasteiger partial charge in [-0.1, -0.05) is 84.9 Å². The molecule has 0 bridgehead atoms. The van der Waals surface area contributed by atoms with Crippen LogP contribution in [0.1, 0.15) is 17.5 Å². The van der Waals surface area contributed by atoms with E-state index in [4.69, 9.17) is 0 Å². The first-order valence-corrected chi connectivity index (χ1v) is 9.18. The lowest BCUT2D eigenvalue weighted by atomic mass is 10.0. The maximum absolute atomic E-state index is 3.98. The van der Waals surface area contributed by atoms with Crippen LogP contribution in [-0.4, -0.2) is 21.4 Å². The maximum Gasteiger partial charge on any atom is 0.139 e. The molecule has 0 unspecified atom stereocenters. The normalized spacial score (nSPS) is 11.3. The van der Waals surface area contributed by atoms with Gasteiger partial charge in [-0.25, -0.2) is 4.68 Å². The Morgan fingerprint density at radius 2 is 1.56 bits per heavy atom. The molecule has 0 N–H and O–H groups in total. The molecule has 0 radical (unpaired) electrons. The van der Waals surface area contributed by atoms with Gasteiger partial charge in [0, 0.05) is 6.54 Å². The molecule has 27 heavy (non-hydrogen) atoms. The summed E-state index contributed by atoms with van der Waals surface area (Å²) in [5, 5.41) is 12.8. The van der Waals surface area contributed by atoms with Crippen molar-refractivity contribution < 1.29 is 0 Å². The van der Waals surface area contributed by atoms with E-state index >= 15 is 0 Å². The van der Waals surface area contributed by atoms with E-state index in [2.05, 4.69) is 94.1 Å². The van der Waals surface area contributed by atoms with Gasteiger partial charge in [0.2, 0.25) is 0 Å². The van der Waals surface area contributed by atoms with Crippen LogP contribution < -0.4 is 5.01 Å². The van der Waals surface area contributed by atoms with Crippen LogP contribution in [0.5, 0.6) is 0 Å². The fourth-order valence-electron chi connectivity index (χ4n) is 3.25. The molecule has 1 heterocycles. The lowest BCUT2D eigenvalue weighted by molar-refractivity contribution is 0.582. The molecule has 0 aliphatic rings. The Labute approximate surface area is 159 Å². The number of aromatic nitrogens is 3. The van der Waals surface area contributed by atoms with Crippen molar-refractivity contribution in [2.24, 2.45) is 0 Å². The van der Waals surface area contributed by atoms with Crippen molar-refractivity contribution in [3.8, 4) is 0 Å². The predicted molar refractivity (Wildman–Crippen MR) is 111 cm³/mol. The minimum absolute atomic E-state index is 0.804. The van der Waals surface area contributed by atoms with Gasteiger partial charge in [-0.3, -0.25) is 0 Å². The summed E-state index contributed by atoms with van der Waals surface area (Å²) in [6, 6.07) is 25.4. The third-order valence-electron chi connectivity index (χ3n) is 4.63. The summed E-state index contributed by atoms with van der Waals surface area (Å²) in [5.74, 6) is 0. The minimum Gasteiger partial charge on any atom is -0.306 e. The zero-order valence-electron chi connectivity index (χ0n) is 15.1. The van der Waals surface area contributed by atoms with Crippen LogP contribution in [0.2, 0.25) is 0 Å². The standard InChI is InChI=1S/C23H22N4/c1-2-9-20(10-3-1)11-6-7-16-26(27-18-24-25-19-27)17-22-14-8-13-21-12-4-5-15-23(21)22/h1-6,8-15,18-19H,7,16-17H2/b11-6+. The van der Waals surface area contributed by atoms with Crippen LogP contribution in [0.4, 0.5) is 0 Å². The summed E-state index contributed by atoms with van der Waals surface area (Å²) in [4.78, 5) is 0. The van der Waals surface area contributed by atoms with E-state index < -0.39 is 0 Å². The largest absolute Gasteiger partial charge is 0.306 e. The van der Waals surface area contributed by atoms with E-state index in [1.807, 2.05) is 10.7 Å². The number of fused-ring (bicyclic) bond motifs is 1. The molecule has 1 aromatic heterocycles. The molecule has 0 aliphatic carbocycles. The molecule has 0 saturated heterocycles. The number of hydrogen-bond acceptors (Lipinski definition) is 3. The molecule has 0 spiro atoms. The SMILES string of the molecule is C(=C\c1ccccc1)/CCN(Cc1cccc2ccccc12)n1cnnc1. The number of nitrogens with zero attached hydrogens (tertiary/aromatic N) is 4. The van der Waals surface area contributed by atoms with Gasteiger partial charge >= 0.3 is 0 Å². The molecule has 0 aliphatic heterocycles. The van der Waals surface area contributed by atoms with Crippen LogP contribution in [0, 0.1) is 0 Å². The van der Waals surface area contributed by atoms with Crippen LogP contribution in [0.3, 0.4) is 0 Å². The van der Waals surface area contributed by atoms with Crippen molar-refractivity contribution in [1.82, 2.24) is 14.9 Å². The Balaban J connectivity index is 1.51. The van der Waals surface area contributed by atoms with Crippen molar-refractivity contribution in [1.29, 1.82) is 0 Å². The summed E-state index contributed by atoms with van der Waals surface area (Å²) < 4.78 is 1.97. The molecule has 0 fully saturated rings. The third kappa shape index (κ3) is 4.23. The van der Waals surface area contributed by atoms with Gasteiger partial charge in [-0.2, -0.15) is 0 Å². The third-order valence-corrected chi connectivity index (χ3v) is 4.63. The first-order valence-electron chi connectivity index (χ1n) is 9.18. The lowest BCUT2D eigenvalue weighted by Crippen LogP contribution is -2.33. The zero-order chi connectivity index (χ0) is 18.3. The molecule has 3 aromatic carbocycles. The van der Waals surface area contributed by atoms with Crippen molar-refractivity contribution in [3.05, 3.63) is 103 Å². The smallest absolute Gasteiger partial charge is 0.139 e. The van der Waals surface area contributed by atoms with Crippen molar-refractivity contribution >= 4 is 16.8 Å². The molecular formula is C23H22N4. The monoisotopic (exact) mass is 354 g/mol. The minimum atomic E-state index is 0.804. The van der Waals surface area contributed by atoms with Gasteiger partial charge in [0.25, 0.3) is 0 Å². The van der Waals surface area contributed by atoms with E-state index in [1.54, 1.807) is 12.7 Å². The first kappa shape index (κ1) is 17.0. The Bertz CT molecular complexity index is 1000. The van der Waals surface area contributed by atoms with E-state index in [0.717, 1.165) is 19.5 Å². The molecule has 4 aromatic rings. The molecule has 0 saturated carbocycles. The molecule has 4 nitrogen and oxygen atoms in total. The zero-order valence-corrected chi connectivity index (χ0v) is 15.1. The summed E-state index contributed by atoms with van der Waals surface area (Å²) in [6.07, 6.45) is 8.84. The quantitative estimate of drug-likeness (QED) is 0.483. The Kier molecular flexibility index (Phi) is 5.25. The highest BCUT2D eigenvalue weighted by atomic mass is 15.6. The summed E-state index contributed by atoms with van der Waals surface area (Å²) in [6.45, 7) is 1.68. The van der Waals surface area contributed by atoms with Crippen LogP contribution in [0.25, 0.3) is 16.8 Å². The van der Waals surface area contributed by atoms with Crippen molar-refractivity contribution in [2.45, 2.75) is 13.0 Å². The molecule has 134 valence electrons. The van der Waals surface area contributed by atoms with Crippen LogP contribution in [-0.2, 0) is 6.54 Å². The second-order valence-corrected chi connectivity index (χ2v) is 6.47. The Morgan fingerprint density at radius 1 is 0.815 bits per heavy atom. The van der Waals surface area contributed by atoms with Gasteiger partial charge in [0.05, 0.1) is 6.54 Å². The fourth-order valence-corrected chi connectivity index (χ4v) is 3.25. The lowest BCUT2D eigenvalue weighted by Gasteiger charge is -2.25. The predicted octanol–water partition coefficient (Wildman–Crippen LogP) is 4.67. The van der Waals surface area contributed by atoms with E-state index in [1.165, 1.54) is 21.9 Å². The van der Waals surface area contributed by atoms with Gasteiger partial charge in [-0.05, 0) is 28.3 Å². The number of hydrogen-bond donors (Lipinski definition) is 0. The van der Waals surface area contributed by atoms with E-state index in [0.29, 0.717) is 0 Å². The molecule has 4 heteroatoms. The molecular weight excluding hydrogens is 332 g/mol. The fraction of sp³-hybridized carbons (Fsp3) is 0.130. The highest BCUT2D eigenvalue weighted by Gasteiger charge is 2.08. The summed E-state index contributed by atoms with van der Waals surface area (Å²) in [7, 11) is 0. The van der Waals surface area contributed by atoms with Gasteiger partial charge < -0.3 is 5.01 Å². The summed E-state index contributed by atoms with van der Waals surface area (Å²) in [5.41, 5.74) is 2.52. The van der Waals surface area contributed by atoms with Gasteiger partial charge in [0.15, 0.2) is 0 Å². The molecule has 0 atom stereocenters. The van der Waals surface area contributed by atoms with Crippen LogP contribution >= 0.6 is 0 Å². The van der Waals surface area contributed by atoms with Gasteiger partial charge in [-0.15, -0.1) is 10.2 Å². The summed E-state index contributed by atoms with van der Waals surface area (Å²) >= 11 is 0. The average Bonchev–Trinajstić information content (AvgIpc) is 3.26. The average molecular weight is 354 g/mol.